The number of aromatic nitrogens is 2. The van der Waals surface area contributed by atoms with Crippen molar-refractivity contribution in [1.82, 2.24) is 15.1 Å². The molecule has 0 radical (unpaired) electrons. The van der Waals surface area contributed by atoms with Crippen LogP contribution in [0.25, 0.3) is 11.3 Å². The molecule has 0 aliphatic heterocycles. The van der Waals surface area contributed by atoms with E-state index in [1.165, 1.54) is 0 Å². The highest BCUT2D eigenvalue weighted by Gasteiger charge is 2.12. The van der Waals surface area contributed by atoms with Gasteiger partial charge in [0.2, 0.25) is 5.88 Å². The molecular formula is C23H25N3O3. The number of amides is 1. The minimum Gasteiger partial charge on any atom is -0.493 e. The zero-order chi connectivity index (χ0) is 20.6. The van der Waals surface area contributed by atoms with E-state index >= 15 is 0 Å². The number of nitrogens with zero attached hydrogens (tertiary/aromatic N) is 3. The maximum atomic E-state index is 12.4. The molecule has 3 aromatic rings. The summed E-state index contributed by atoms with van der Waals surface area (Å²) in [4.78, 5) is 14.2. The van der Waals surface area contributed by atoms with Gasteiger partial charge in [0, 0.05) is 30.8 Å². The SMILES string of the molecule is CCCCN(C)C(=O)c1ccc(-c2ccc(Oc3ccccc3OC)nn2)cc1. The van der Waals surface area contributed by atoms with Gasteiger partial charge in [-0.3, -0.25) is 4.79 Å². The number of rotatable bonds is 8. The van der Waals surface area contributed by atoms with Crippen molar-refractivity contribution in [1.29, 1.82) is 0 Å². The van der Waals surface area contributed by atoms with Crippen molar-refractivity contribution in [2.24, 2.45) is 0 Å². The molecule has 1 aromatic heterocycles. The molecule has 0 spiro atoms. The second kappa shape index (κ2) is 9.68. The van der Waals surface area contributed by atoms with Crippen LogP contribution >= 0.6 is 0 Å². The van der Waals surface area contributed by atoms with Gasteiger partial charge in [-0.1, -0.05) is 37.6 Å². The summed E-state index contributed by atoms with van der Waals surface area (Å²) in [7, 11) is 3.42. The van der Waals surface area contributed by atoms with Crippen LogP contribution < -0.4 is 9.47 Å². The van der Waals surface area contributed by atoms with Crippen molar-refractivity contribution < 1.29 is 14.3 Å². The number of carbonyl (C=O) groups is 1. The van der Waals surface area contributed by atoms with E-state index in [2.05, 4.69) is 17.1 Å². The molecule has 0 N–H and O–H groups in total. The Morgan fingerprint density at radius 3 is 2.31 bits per heavy atom. The number of carbonyl (C=O) groups excluding carboxylic acids is 1. The Balaban J connectivity index is 1.69. The quantitative estimate of drug-likeness (QED) is 0.551. The summed E-state index contributed by atoms with van der Waals surface area (Å²) in [6.07, 6.45) is 2.06. The molecule has 0 saturated carbocycles. The van der Waals surface area contributed by atoms with Gasteiger partial charge in [0.1, 0.15) is 0 Å². The predicted molar refractivity (Wildman–Crippen MR) is 112 cm³/mol. The fraction of sp³-hybridized carbons (Fsp3) is 0.261. The second-order valence-electron chi connectivity index (χ2n) is 6.67. The van der Waals surface area contributed by atoms with E-state index in [-0.39, 0.29) is 5.91 Å². The van der Waals surface area contributed by atoms with Crippen molar-refractivity contribution in [2.45, 2.75) is 19.8 Å². The summed E-state index contributed by atoms with van der Waals surface area (Å²) in [5.41, 5.74) is 2.25. The van der Waals surface area contributed by atoms with Crippen molar-refractivity contribution in [2.75, 3.05) is 20.7 Å². The van der Waals surface area contributed by atoms with Gasteiger partial charge in [-0.15, -0.1) is 10.2 Å². The van der Waals surface area contributed by atoms with Gasteiger partial charge >= 0.3 is 0 Å². The van der Waals surface area contributed by atoms with Crippen LogP contribution in [0.15, 0.2) is 60.7 Å². The Hall–Kier alpha value is -3.41. The first-order chi connectivity index (χ1) is 14.1. The monoisotopic (exact) mass is 391 g/mol. The van der Waals surface area contributed by atoms with Crippen LogP contribution in [0.5, 0.6) is 17.4 Å². The molecule has 1 amide bonds. The highest BCUT2D eigenvalue weighted by atomic mass is 16.5. The van der Waals surface area contributed by atoms with Crippen LogP contribution in [-0.2, 0) is 0 Å². The molecule has 0 atom stereocenters. The summed E-state index contributed by atoms with van der Waals surface area (Å²) in [6.45, 7) is 2.87. The van der Waals surface area contributed by atoms with E-state index in [1.807, 2.05) is 61.6 Å². The zero-order valence-electron chi connectivity index (χ0n) is 17.0. The molecule has 150 valence electrons. The fourth-order valence-corrected chi connectivity index (χ4v) is 2.84. The number of hydrogen-bond acceptors (Lipinski definition) is 5. The van der Waals surface area contributed by atoms with Gasteiger partial charge in [0.25, 0.3) is 5.91 Å². The highest BCUT2D eigenvalue weighted by Crippen LogP contribution is 2.30. The van der Waals surface area contributed by atoms with E-state index < -0.39 is 0 Å². The Labute approximate surface area is 171 Å². The van der Waals surface area contributed by atoms with E-state index in [4.69, 9.17) is 9.47 Å². The summed E-state index contributed by atoms with van der Waals surface area (Å²) in [5, 5.41) is 8.38. The predicted octanol–water partition coefficient (Wildman–Crippen LogP) is 4.82. The largest absolute Gasteiger partial charge is 0.493 e. The molecular weight excluding hydrogens is 366 g/mol. The van der Waals surface area contributed by atoms with Gasteiger partial charge in [-0.2, -0.15) is 0 Å². The molecule has 0 bridgehead atoms. The maximum absolute atomic E-state index is 12.4. The normalized spacial score (nSPS) is 10.4. The molecule has 6 nitrogen and oxygen atoms in total. The number of methoxy groups -OCH3 is 1. The summed E-state index contributed by atoms with van der Waals surface area (Å²) >= 11 is 0. The third-order valence-electron chi connectivity index (χ3n) is 4.55. The molecule has 6 heteroatoms. The molecule has 0 aliphatic carbocycles. The van der Waals surface area contributed by atoms with Crippen molar-refractivity contribution in [3.63, 3.8) is 0 Å². The third kappa shape index (κ3) is 5.10. The van der Waals surface area contributed by atoms with Crippen molar-refractivity contribution in [3.05, 3.63) is 66.2 Å². The first-order valence-corrected chi connectivity index (χ1v) is 9.63. The molecule has 0 aliphatic rings. The number of benzene rings is 2. The molecule has 1 heterocycles. The average Bonchev–Trinajstić information content (AvgIpc) is 2.78. The third-order valence-corrected chi connectivity index (χ3v) is 4.55. The van der Waals surface area contributed by atoms with Crippen molar-refractivity contribution >= 4 is 5.91 Å². The van der Waals surface area contributed by atoms with Gasteiger partial charge in [0.05, 0.1) is 12.8 Å². The van der Waals surface area contributed by atoms with Gasteiger partial charge in [0.15, 0.2) is 11.5 Å². The van der Waals surface area contributed by atoms with Crippen LogP contribution in [0.3, 0.4) is 0 Å². The zero-order valence-corrected chi connectivity index (χ0v) is 17.0. The lowest BCUT2D eigenvalue weighted by Gasteiger charge is -2.16. The van der Waals surface area contributed by atoms with Crippen LogP contribution in [0.2, 0.25) is 0 Å². The van der Waals surface area contributed by atoms with Gasteiger partial charge < -0.3 is 14.4 Å². The van der Waals surface area contributed by atoms with Crippen LogP contribution in [0, 0.1) is 0 Å². The minimum absolute atomic E-state index is 0.0247. The molecule has 0 saturated heterocycles. The summed E-state index contributed by atoms with van der Waals surface area (Å²) in [5.74, 6) is 1.61. The fourth-order valence-electron chi connectivity index (χ4n) is 2.84. The number of hydrogen-bond donors (Lipinski definition) is 0. The number of unbranched alkanes of at least 4 members (excludes halogenated alkanes) is 1. The lowest BCUT2D eigenvalue weighted by molar-refractivity contribution is 0.0793. The Morgan fingerprint density at radius 2 is 1.69 bits per heavy atom. The standard InChI is InChI=1S/C23H25N3O3/c1-4-5-16-26(2)23(27)18-12-10-17(11-13-18)19-14-15-22(25-24-19)29-21-9-7-6-8-20(21)28-3/h6-15H,4-5,16H2,1-3H3. The van der Waals surface area contributed by atoms with Crippen LogP contribution in [0.1, 0.15) is 30.1 Å². The Bertz CT molecular complexity index is 940. The maximum Gasteiger partial charge on any atom is 0.253 e. The van der Waals surface area contributed by atoms with E-state index in [1.54, 1.807) is 18.1 Å². The first kappa shape index (κ1) is 20.3. The highest BCUT2D eigenvalue weighted by molar-refractivity contribution is 5.94. The second-order valence-corrected chi connectivity index (χ2v) is 6.67. The van der Waals surface area contributed by atoms with Gasteiger partial charge in [-0.05, 0) is 36.8 Å². The molecule has 3 rings (SSSR count). The molecule has 0 unspecified atom stereocenters. The molecule has 2 aromatic carbocycles. The summed E-state index contributed by atoms with van der Waals surface area (Å²) in [6, 6.07) is 18.4. The lowest BCUT2D eigenvalue weighted by Crippen LogP contribution is -2.27. The number of para-hydroxylation sites is 2. The van der Waals surface area contributed by atoms with E-state index in [9.17, 15) is 4.79 Å². The number of ether oxygens (including phenoxy) is 2. The van der Waals surface area contributed by atoms with Crippen molar-refractivity contribution in [3.8, 4) is 28.6 Å². The smallest absolute Gasteiger partial charge is 0.253 e. The lowest BCUT2D eigenvalue weighted by atomic mass is 10.1. The average molecular weight is 391 g/mol. The van der Waals surface area contributed by atoms with Crippen LogP contribution in [0.4, 0.5) is 0 Å². The summed E-state index contributed by atoms with van der Waals surface area (Å²) < 4.78 is 11.0. The minimum atomic E-state index is 0.0247. The molecule has 0 fully saturated rings. The van der Waals surface area contributed by atoms with E-state index in [0.717, 1.165) is 24.9 Å². The Morgan fingerprint density at radius 1 is 0.966 bits per heavy atom. The van der Waals surface area contributed by atoms with E-state index in [0.29, 0.717) is 28.6 Å². The topological polar surface area (TPSA) is 64.6 Å². The van der Waals surface area contributed by atoms with Crippen LogP contribution in [-0.4, -0.2) is 41.7 Å². The molecule has 29 heavy (non-hydrogen) atoms. The van der Waals surface area contributed by atoms with Gasteiger partial charge in [-0.25, -0.2) is 0 Å². The first-order valence-electron chi connectivity index (χ1n) is 9.63. The Kier molecular flexibility index (Phi) is 6.79.